The van der Waals surface area contributed by atoms with Crippen LogP contribution in [-0.4, -0.2) is 69.1 Å². The van der Waals surface area contributed by atoms with Crippen LogP contribution in [0.1, 0.15) is 48.0 Å². The lowest BCUT2D eigenvalue weighted by Gasteiger charge is -2.37. The standard InChI is InChI=1S/C20H24F3N7O2/c1-13-7-8-14(30-26-11-17(28-30)18(31)20(21,22)23)12-29(13)19(32)15-5-3-4-6-16(15)27-25-10-9-24-2/h3-6,9-11,13-14,18,27,31H,7-8,12H2,1-2H3/b24-9?,25-10-/t13-,14-,18+/m1/s1. The van der Waals surface area contributed by atoms with Crippen LogP contribution in [0, 0.1) is 0 Å². The van der Waals surface area contributed by atoms with E-state index in [1.54, 1.807) is 36.2 Å². The maximum absolute atomic E-state index is 13.3. The van der Waals surface area contributed by atoms with E-state index in [9.17, 15) is 23.1 Å². The Morgan fingerprint density at radius 1 is 1.31 bits per heavy atom. The highest BCUT2D eigenvalue weighted by atomic mass is 19.4. The van der Waals surface area contributed by atoms with Crippen LogP contribution < -0.4 is 5.43 Å². The molecule has 3 rings (SSSR count). The first-order chi connectivity index (χ1) is 15.2. The van der Waals surface area contributed by atoms with E-state index < -0.39 is 24.0 Å². The normalized spacial score (nSPS) is 20.8. The summed E-state index contributed by atoms with van der Waals surface area (Å²) in [6.07, 6.45) is -2.47. The highest BCUT2D eigenvalue weighted by Crippen LogP contribution is 2.32. The smallest absolute Gasteiger partial charge is 0.378 e. The lowest BCUT2D eigenvalue weighted by atomic mass is 9.98. The molecule has 1 saturated heterocycles. The quantitative estimate of drug-likeness (QED) is 0.519. The van der Waals surface area contributed by atoms with Gasteiger partial charge in [0.15, 0.2) is 6.10 Å². The van der Waals surface area contributed by atoms with Crippen molar-refractivity contribution in [1.82, 2.24) is 19.9 Å². The fourth-order valence-corrected chi connectivity index (χ4v) is 3.45. The van der Waals surface area contributed by atoms with E-state index in [4.69, 9.17) is 0 Å². The minimum absolute atomic E-state index is 0.0849. The first-order valence-corrected chi connectivity index (χ1v) is 9.98. The molecule has 0 radical (unpaired) electrons. The highest BCUT2D eigenvalue weighted by molar-refractivity contribution is 6.16. The van der Waals surface area contributed by atoms with E-state index in [0.717, 1.165) is 11.0 Å². The maximum Gasteiger partial charge on any atom is 0.420 e. The first-order valence-electron chi connectivity index (χ1n) is 9.98. The second-order valence-corrected chi connectivity index (χ2v) is 7.41. The zero-order valence-electron chi connectivity index (χ0n) is 17.6. The van der Waals surface area contributed by atoms with Gasteiger partial charge in [-0.2, -0.15) is 33.3 Å². The molecular formula is C20H24F3N7O2. The summed E-state index contributed by atoms with van der Waals surface area (Å²) in [6.45, 7) is 2.13. The van der Waals surface area contributed by atoms with Gasteiger partial charge < -0.3 is 10.0 Å². The molecule has 2 N–H and O–H groups in total. The summed E-state index contributed by atoms with van der Waals surface area (Å²) in [6, 6.07) is 6.41. The molecular weight excluding hydrogens is 427 g/mol. The minimum atomic E-state index is -4.83. The zero-order valence-corrected chi connectivity index (χ0v) is 17.6. The van der Waals surface area contributed by atoms with Crippen molar-refractivity contribution in [2.24, 2.45) is 10.1 Å². The number of carbonyl (C=O) groups is 1. The molecule has 1 fully saturated rings. The fraction of sp³-hybridized carbons (Fsp3) is 0.450. The number of aliphatic imine (C=N–C) groups is 1. The van der Waals surface area contributed by atoms with Gasteiger partial charge in [-0.3, -0.25) is 15.2 Å². The molecule has 0 saturated carbocycles. The summed E-state index contributed by atoms with van der Waals surface area (Å²) < 4.78 is 38.3. The van der Waals surface area contributed by atoms with Crippen molar-refractivity contribution in [2.45, 2.75) is 44.1 Å². The Labute approximate surface area is 182 Å². The van der Waals surface area contributed by atoms with E-state index in [-0.39, 0.29) is 18.5 Å². The maximum atomic E-state index is 13.3. The van der Waals surface area contributed by atoms with E-state index in [1.807, 2.05) is 6.92 Å². The number of aromatic nitrogens is 3. The Kier molecular flexibility index (Phi) is 7.23. The third-order valence-corrected chi connectivity index (χ3v) is 5.19. The number of hydrazone groups is 1. The number of anilines is 1. The number of aliphatic hydroxyl groups excluding tert-OH is 1. The van der Waals surface area contributed by atoms with Gasteiger partial charge in [0.2, 0.25) is 0 Å². The van der Waals surface area contributed by atoms with E-state index in [0.29, 0.717) is 24.1 Å². The number of alkyl halides is 3. The van der Waals surface area contributed by atoms with Crippen LogP contribution >= 0.6 is 0 Å². The SMILES string of the molecule is CN=C/C=N\Nc1ccccc1C(=O)N1C[C@H](n2ncc([C@H](O)C(F)(F)F)n2)CC[C@H]1C. The Morgan fingerprint density at radius 2 is 2.06 bits per heavy atom. The number of nitrogens with one attached hydrogen (secondary N) is 1. The van der Waals surface area contributed by atoms with Gasteiger partial charge in [0, 0.05) is 25.8 Å². The number of nitrogens with zero attached hydrogens (tertiary/aromatic N) is 6. The first kappa shape index (κ1) is 23.4. The summed E-state index contributed by atoms with van der Waals surface area (Å²) in [4.78, 5) is 19.9. The molecule has 0 unspecified atom stereocenters. The number of likely N-dealkylation sites (tertiary alicyclic amines) is 1. The minimum Gasteiger partial charge on any atom is -0.378 e. The van der Waals surface area contributed by atoms with Gasteiger partial charge in [0.05, 0.1) is 29.7 Å². The van der Waals surface area contributed by atoms with Crippen LogP contribution in [0.5, 0.6) is 0 Å². The molecule has 0 spiro atoms. The van der Waals surface area contributed by atoms with Gasteiger partial charge in [-0.25, -0.2) is 0 Å². The summed E-state index contributed by atoms with van der Waals surface area (Å²) in [7, 11) is 1.61. The Morgan fingerprint density at radius 3 is 2.78 bits per heavy atom. The van der Waals surface area contributed by atoms with Crippen molar-refractivity contribution >= 4 is 24.0 Å². The Balaban J connectivity index is 1.78. The number of carbonyl (C=O) groups excluding carboxylic acids is 1. The van der Waals surface area contributed by atoms with Gasteiger partial charge in [0.1, 0.15) is 5.69 Å². The van der Waals surface area contributed by atoms with Crippen molar-refractivity contribution in [1.29, 1.82) is 0 Å². The molecule has 9 nitrogen and oxygen atoms in total. The number of piperidine rings is 1. The predicted octanol–water partition coefficient (Wildman–Crippen LogP) is 2.84. The molecule has 172 valence electrons. The van der Waals surface area contributed by atoms with E-state index >= 15 is 0 Å². The van der Waals surface area contributed by atoms with Crippen molar-refractivity contribution in [2.75, 3.05) is 19.0 Å². The van der Waals surface area contributed by atoms with Crippen LogP contribution in [0.25, 0.3) is 0 Å². The van der Waals surface area contributed by atoms with Crippen LogP contribution in [0.2, 0.25) is 0 Å². The number of hydrogen-bond donors (Lipinski definition) is 2. The Bertz CT molecular complexity index is 990. The molecule has 0 bridgehead atoms. The molecule has 1 aromatic carbocycles. The predicted molar refractivity (Wildman–Crippen MR) is 113 cm³/mol. The zero-order chi connectivity index (χ0) is 23.3. The number of amides is 1. The topological polar surface area (TPSA) is 108 Å². The molecule has 12 heteroatoms. The van der Waals surface area contributed by atoms with Crippen LogP contribution in [0.4, 0.5) is 18.9 Å². The third-order valence-electron chi connectivity index (χ3n) is 5.19. The average molecular weight is 451 g/mol. The molecule has 1 aromatic heterocycles. The third kappa shape index (κ3) is 5.31. The van der Waals surface area contributed by atoms with Gasteiger partial charge in [-0.1, -0.05) is 12.1 Å². The lowest BCUT2D eigenvalue weighted by molar-refractivity contribution is -0.208. The monoisotopic (exact) mass is 451 g/mol. The lowest BCUT2D eigenvalue weighted by Crippen LogP contribution is -2.46. The summed E-state index contributed by atoms with van der Waals surface area (Å²) in [5.74, 6) is -0.243. The van der Waals surface area contributed by atoms with Gasteiger partial charge in [-0.15, -0.1) is 0 Å². The van der Waals surface area contributed by atoms with E-state index in [1.165, 1.54) is 12.4 Å². The fourth-order valence-electron chi connectivity index (χ4n) is 3.45. The van der Waals surface area contributed by atoms with Crippen LogP contribution in [0.15, 0.2) is 40.6 Å². The van der Waals surface area contributed by atoms with E-state index in [2.05, 4.69) is 25.7 Å². The number of para-hydroxylation sites is 1. The molecule has 3 atom stereocenters. The molecule has 0 aliphatic carbocycles. The second kappa shape index (κ2) is 9.90. The van der Waals surface area contributed by atoms with Crippen molar-refractivity contribution in [3.8, 4) is 0 Å². The Hall–Kier alpha value is -3.28. The number of halogens is 3. The second-order valence-electron chi connectivity index (χ2n) is 7.41. The van der Waals surface area contributed by atoms with Crippen LogP contribution in [0.3, 0.4) is 0 Å². The summed E-state index contributed by atoms with van der Waals surface area (Å²) in [5, 5.41) is 21.1. The highest BCUT2D eigenvalue weighted by Gasteiger charge is 2.42. The largest absolute Gasteiger partial charge is 0.420 e. The number of hydrogen-bond acceptors (Lipinski definition) is 7. The molecule has 2 heterocycles. The van der Waals surface area contributed by atoms with Gasteiger partial charge in [0.25, 0.3) is 5.91 Å². The number of rotatable bonds is 6. The van der Waals surface area contributed by atoms with Crippen LogP contribution in [-0.2, 0) is 0 Å². The average Bonchev–Trinajstić information content (AvgIpc) is 3.26. The molecule has 1 aliphatic heterocycles. The molecule has 1 amide bonds. The van der Waals surface area contributed by atoms with Gasteiger partial charge in [-0.05, 0) is 31.9 Å². The van der Waals surface area contributed by atoms with Crippen molar-refractivity contribution in [3.05, 3.63) is 41.7 Å². The van der Waals surface area contributed by atoms with Gasteiger partial charge >= 0.3 is 6.18 Å². The van der Waals surface area contributed by atoms with Crippen molar-refractivity contribution < 1.29 is 23.1 Å². The van der Waals surface area contributed by atoms with Crippen molar-refractivity contribution in [3.63, 3.8) is 0 Å². The molecule has 2 aromatic rings. The summed E-state index contributed by atoms with van der Waals surface area (Å²) >= 11 is 0. The number of benzene rings is 1. The molecule has 1 aliphatic rings. The number of aliphatic hydroxyl groups is 1. The summed E-state index contributed by atoms with van der Waals surface area (Å²) in [5.41, 5.74) is 3.17. The molecule has 32 heavy (non-hydrogen) atoms.